The van der Waals surface area contributed by atoms with Crippen molar-refractivity contribution in [3.05, 3.63) is 76.4 Å². The Balaban J connectivity index is 1.16. The van der Waals surface area contributed by atoms with Gasteiger partial charge in [0, 0.05) is 5.56 Å². The zero-order valence-electron chi connectivity index (χ0n) is 21.7. The SMILES string of the molecule is CCc1ccc(C2CCC(C3CC=C(c4ccc(C5CCC(C)CC5)cc4F)CC3)CC2)cc1F. The third kappa shape index (κ3) is 5.57. The summed E-state index contributed by atoms with van der Waals surface area (Å²) in [5, 5.41) is 0. The molecule has 3 aliphatic rings. The molecule has 0 N–H and O–H groups in total. The van der Waals surface area contributed by atoms with Crippen LogP contribution in [0.1, 0.15) is 119 Å². The average Bonchev–Trinajstić information content (AvgIpc) is 2.89. The summed E-state index contributed by atoms with van der Waals surface area (Å²) < 4.78 is 29.4. The first-order chi connectivity index (χ1) is 17.0. The molecule has 0 amide bonds. The maximum atomic E-state index is 15.1. The quantitative estimate of drug-likeness (QED) is 0.403. The Kier molecular flexibility index (Phi) is 7.75. The van der Waals surface area contributed by atoms with E-state index in [-0.39, 0.29) is 11.6 Å². The van der Waals surface area contributed by atoms with Gasteiger partial charge in [0.15, 0.2) is 0 Å². The van der Waals surface area contributed by atoms with Gasteiger partial charge in [0.05, 0.1) is 0 Å². The molecule has 0 nitrogen and oxygen atoms in total. The molecule has 3 aliphatic carbocycles. The van der Waals surface area contributed by atoms with Crippen molar-refractivity contribution in [1.82, 2.24) is 0 Å². The van der Waals surface area contributed by atoms with E-state index in [2.05, 4.69) is 31.2 Å². The molecule has 0 radical (unpaired) electrons. The number of allylic oxidation sites excluding steroid dienone is 2. The molecule has 1 unspecified atom stereocenters. The van der Waals surface area contributed by atoms with Crippen molar-refractivity contribution in [3.63, 3.8) is 0 Å². The van der Waals surface area contributed by atoms with Crippen LogP contribution in [0.2, 0.25) is 0 Å². The van der Waals surface area contributed by atoms with Crippen molar-refractivity contribution in [2.24, 2.45) is 17.8 Å². The molecule has 5 rings (SSSR count). The van der Waals surface area contributed by atoms with Crippen molar-refractivity contribution in [1.29, 1.82) is 0 Å². The maximum Gasteiger partial charge on any atom is 0.130 e. The third-order valence-electron chi connectivity index (χ3n) is 9.65. The van der Waals surface area contributed by atoms with Crippen LogP contribution in [-0.2, 0) is 6.42 Å². The number of rotatable bonds is 5. The van der Waals surface area contributed by atoms with Crippen LogP contribution in [0.5, 0.6) is 0 Å². The summed E-state index contributed by atoms with van der Waals surface area (Å²) in [6.45, 7) is 4.34. The van der Waals surface area contributed by atoms with Crippen LogP contribution in [0.4, 0.5) is 8.78 Å². The third-order valence-corrected chi connectivity index (χ3v) is 9.65. The highest BCUT2D eigenvalue weighted by molar-refractivity contribution is 5.67. The van der Waals surface area contributed by atoms with E-state index >= 15 is 4.39 Å². The Labute approximate surface area is 211 Å². The van der Waals surface area contributed by atoms with Crippen LogP contribution >= 0.6 is 0 Å². The summed E-state index contributed by atoms with van der Waals surface area (Å²) in [5.74, 6) is 3.27. The van der Waals surface area contributed by atoms with E-state index in [1.807, 2.05) is 19.1 Å². The summed E-state index contributed by atoms with van der Waals surface area (Å²) in [6.07, 6.45) is 16.1. The summed E-state index contributed by atoms with van der Waals surface area (Å²) in [5.41, 5.74) is 5.25. The van der Waals surface area contributed by atoms with Crippen LogP contribution < -0.4 is 0 Å². The Hall–Kier alpha value is -1.96. The van der Waals surface area contributed by atoms with Crippen molar-refractivity contribution in [3.8, 4) is 0 Å². The first-order valence-electron chi connectivity index (χ1n) is 14.3. The van der Waals surface area contributed by atoms with E-state index < -0.39 is 0 Å². The molecule has 0 spiro atoms. The number of aryl methyl sites for hydroxylation is 1. The van der Waals surface area contributed by atoms with E-state index in [1.165, 1.54) is 74.5 Å². The van der Waals surface area contributed by atoms with Crippen molar-refractivity contribution in [2.75, 3.05) is 0 Å². The highest BCUT2D eigenvalue weighted by Crippen LogP contribution is 2.44. The van der Waals surface area contributed by atoms with Crippen LogP contribution in [0, 0.1) is 29.4 Å². The molecule has 1 atom stereocenters. The Morgan fingerprint density at radius 3 is 1.91 bits per heavy atom. The lowest BCUT2D eigenvalue weighted by atomic mass is 9.70. The lowest BCUT2D eigenvalue weighted by Crippen LogP contribution is -2.22. The number of hydrogen-bond donors (Lipinski definition) is 0. The van der Waals surface area contributed by atoms with Crippen molar-refractivity contribution >= 4 is 5.57 Å². The van der Waals surface area contributed by atoms with E-state index in [4.69, 9.17) is 0 Å². The molecule has 0 aromatic heterocycles. The highest BCUT2D eigenvalue weighted by Gasteiger charge is 2.30. The van der Waals surface area contributed by atoms with Gasteiger partial charge in [-0.25, -0.2) is 8.78 Å². The lowest BCUT2D eigenvalue weighted by Gasteiger charge is -2.36. The second-order valence-corrected chi connectivity index (χ2v) is 11.8. The topological polar surface area (TPSA) is 0 Å². The van der Waals surface area contributed by atoms with Gasteiger partial charge in [-0.1, -0.05) is 57.0 Å². The minimum absolute atomic E-state index is 0.0207. The molecule has 2 aromatic rings. The predicted octanol–water partition coefficient (Wildman–Crippen LogP) is 9.98. The second-order valence-electron chi connectivity index (χ2n) is 11.8. The molecule has 2 fully saturated rings. The molecule has 2 aromatic carbocycles. The van der Waals surface area contributed by atoms with Crippen LogP contribution in [-0.4, -0.2) is 0 Å². The van der Waals surface area contributed by atoms with Crippen molar-refractivity contribution < 1.29 is 8.78 Å². The fraction of sp³-hybridized carbons (Fsp3) is 0.576. The number of benzene rings is 2. The minimum atomic E-state index is -0.0364. The van der Waals surface area contributed by atoms with Gasteiger partial charge in [-0.15, -0.1) is 0 Å². The Morgan fingerprint density at radius 2 is 1.34 bits per heavy atom. The number of halogens is 2. The summed E-state index contributed by atoms with van der Waals surface area (Å²) in [7, 11) is 0. The molecule has 188 valence electrons. The summed E-state index contributed by atoms with van der Waals surface area (Å²) >= 11 is 0. The van der Waals surface area contributed by atoms with Crippen LogP contribution in [0.25, 0.3) is 5.57 Å². The van der Waals surface area contributed by atoms with Gasteiger partial charge in [0.2, 0.25) is 0 Å². The normalized spacial score (nSPS) is 29.6. The Bertz CT molecular complexity index is 1040. The van der Waals surface area contributed by atoms with E-state index in [9.17, 15) is 4.39 Å². The molecule has 0 bridgehead atoms. The zero-order valence-corrected chi connectivity index (χ0v) is 21.7. The Morgan fingerprint density at radius 1 is 0.714 bits per heavy atom. The smallest absolute Gasteiger partial charge is 0.130 e. The minimum Gasteiger partial charge on any atom is -0.207 e. The van der Waals surface area contributed by atoms with Gasteiger partial charge < -0.3 is 0 Å². The first-order valence-corrected chi connectivity index (χ1v) is 14.3. The molecule has 0 heterocycles. The fourth-order valence-electron chi connectivity index (χ4n) is 7.19. The first kappa shape index (κ1) is 24.7. The monoisotopic (exact) mass is 476 g/mol. The number of hydrogen-bond acceptors (Lipinski definition) is 0. The maximum absolute atomic E-state index is 15.1. The molecule has 2 heteroatoms. The van der Waals surface area contributed by atoms with E-state index in [1.54, 1.807) is 6.07 Å². The molecule has 0 aliphatic heterocycles. The molecular weight excluding hydrogens is 434 g/mol. The average molecular weight is 477 g/mol. The van der Waals surface area contributed by atoms with Crippen LogP contribution in [0.15, 0.2) is 42.5 Å². The van der Waals surface area contributed by atoms with Gasteiger partial charge >= 0.3 is 0 Å². The zero-order chi connectivity index (χ0) is 24.4. The van der Waals surface area contributed by atoms with Gasteiger partial charge in [-0.3, -0.25) is 0 Å². The summed E-state index contributed by atoms with van der Waals surface area (Å²) in [4.78, 5) is 0. The fourth-order valence-corrected chi connectivity index (χ4v) is 7.19. The molecule has 0 saturated heterocycles. The summed E-state index contributed by atoms with van der Waals surface area (Å²) in [6, 6.07) is 12.0. The van der Waals surface area contributed by atoms with E-state index in [0.717, 1.165) is 42.2 Å². The van der Waals surface area contributed by atoms with Gasteiger partial charge in [0.25, 0.3) is 0 Å². The molecular formula is C33H42F2. The van der Waals surface area contributed by atoms with Crippen molar-refractivity contribution in [2.45, 2.75) is 103 Å². The van der Waals surface area contributed by atoms with Gasteiger partial charge in [0.1, 0.15) is 11.6 Å². The molecule has 35 heavy (non-hydrogen) atoms. The lowest BCUT2D eigenvalue weighted by molar-refractivity contribution is 0.220. The predicted molar refractivity (Wildman–Crippen MR) is 143 cm³/mol. The van der Waals surface area contributed by atoms with Gasteiger partial charge in [-0.2, -0.15) is 0 Å². The highest BCUT2D eigenvalue weighted by atomic mass is 19.1. The van der Waals surface area contributed by atoms with E-state index in [0.29, 0.717) is 17.8 Å². The molecule has 2 saturated carbocycles. The van der Waals surface area contributed by atoms with Crippen LogP contribution in [0.3, 0.4) is 0 Å². The second kappa shape index (κ2) is 11.0. The van der Waals surface area contributed by atoms with Gasteiger partial charge in [-0.05, 0) is 128 Å². The standard InChI is InChI=1S/C33H42F2/c1-3-23-8-17-29(20-32(23)34)27-11-9-24(10-12-27)25-13-15-28(16-14-25)31-19-18-30(21-33(31)35)26-6-4-22(2)5-7-26/h8,15,17-22,24-27H,3-7,9-14,16H2,1-2H3. The largest absolute Gasteiger partial charge is 0.207 e.